The first-order valence-electron chi connectivity index (χ1n) is 8.50. The summed E-state index contributed by atoms with van der Waals surface area (Å²) >= 11 is 1.15. The Balaban J connectivity index is 1.30. The van der Waals surface area contributed by atoms with E-state index in [0.717, 1.165) is 17.5 Å². The molecule has 0 spiro atoms. The first kappa shape index (κ1) is 18.2. The molecule has 0 radical (unpaired) electrons. The highest BCUT2D eigenvalue weighted by Gasteiger charge is 2.27. The molecular weight excluding hydrogens is 382 g/mol. The van der Waals surface area contributed by atoms with Gasteiger partial charge in [-0.15, -0.1) is 10.2 Å². The molecule has 1 atom stereocenters. The smallest absolute Gasteiger partial charge is 0.277 e. The van der Waals surface area contributed by atoms with E-state index >= 15 is 0 Å². The Morgan fingerprint density at radius 1 is 1.18 bits per heavy atom. The first-order chi connectivity index (χ1) is 13.7. The maximum atomic E-state index is 12.1. The van der Waals surface area contributed by atoms with Gasteiger partial charge >= 0.3 is 0 Å². The number of amides is 1. The molecule has 4 rings (SSSR count). The summed E-state index contributed by atoms with van der Waals surface area (Å²) in [6.45, 7) is 0.279. The van der Waals surface area contributed by atoms with Crippen molar-refractivity contribution in [2.75, 3.05) is 24.8 Å². The highest BCUT2D eigenvalue weighted by atomic mass is 32.2. The van der Waals surface area contributed by atoms with Gasteiger partial charge in [0.2, 0.25) is 12.0 Å². The van der Waals surface area contributed by atoms with E-state index in [-0.39, 0.29) is 18.3 Å². The van der Waals surface area contributed by atoms with Crippen LogP contribution in [0.25, 0.3) is 0 Å². The number of hydrogen-bond acceptors (Lipinski definition) is 8. The molecule has 0 saturated carbocycles. The molecule has 1 unspecified atom stereocenters. The number of thioether (sulfide) groups is 1. The number of nitrogens with one attached hydrogen (secondary N) is 1. The fourth-order valence-electron chi connectivity index (χ4n) is 2.55. The quantitative estimate of drug-likeness (QED) is 0.631. The van der Waals surface area contributed by atoms with Crippen molar-refractivity contribution in [1.82, 2.24) is 10.2 Å². The fourth-order valence-corrected chi connectivity index (χ4v) is 3.12. The van der Waals surface area contributed by atoms with Gasteiger partial charge in [-0.25, -0.2) is 0 Å². The molecule has 28 heavy (non-hydrogen) atoms. The van der Waals surface area contributed by atoms with Crippen LogP contribution in [0.2, 0.25) is 0 Å². The van der Waals surface area contributed by atoms with E-state index in [1.54, 1.807) is 31.4 Å². The lowest BCUT2D eigenvalue weighted by atomic mass is 10.2. The number of rotatable bonds is 6. The summed E-state index contributed by atoms with van der Waals surface area (Å²) in [6, 6.07) is 14.5. The van der Waals surface area contributed by atoms with Gasteiger partial charge in [-0.05, 0) is 36.4 Å². The Bertz CT molecular complexity index is 960. The molecule has 8 nitrogen and oxygen atoms in total. The number of benzene rings is 2. The summed E-state index contributed by atoms with van der Waals surface area (Å²) in [5.74, 6) is 2.31. The van der Waals surface area contributed by atoms with E-state index in [1.807, 2.05) is 24.3 Å². The molecule has 1 N–H and O–H groups in total. The average molecular weight is 399 g/mol. The number of aromatic nitrogens is 2. The molecule has 0 saturated heterocycles. The van der Waals surface area contributed by atoms with E-state index in [2.05, 4.69) is 15.5 Å². The molecule has 0 aliphatic carbocycles. The van der Waals surface area contributed by atoms with E-state index in [9.17, 15) is 4.79 Å². The van der Waals surface area contributed by atoms with Crippen molar-refractivity contribution in [2.24, 2.45) is 0 Å². The highest BCUT2D eigenvalue weighted by Crippen LogP contribution is 2.35. The third kappa shape index (κ3) is 4.20. The molecule has 0 bridgehead atoms. The predicted molar refractivity (Wildman–Crippen MR) is 102 cm³/mol. The number of para-hydroxylation sites is 2. The van der Waals surface area contributed by atoms with Crippen molar-refractivity contribution in [3.8, 4) is 17.2 Å². The van der Waals surface area contributed by atoms with Crippen LogP contribution in [0.3, 0.4) is 0 Å². The second-order valence-electron chi connectivity index (χ2n) is 5.84. The van der Waals surface area contributed by atoms with Crippen LogP contribution in [-0.2, 0) is 4.79 Å². The molecule has 9 heteroatoms. The van der Waals surface area contributed by atoms with Crippen LogP contribution in [0.4, 0.5) is 5.69 Å². The molecular formula is C19H17N3O5S. The Labute approximate surface area is 165 Å². The summed E-state index contributed by atoms with van der Waals surface area (Å²) in [4.78, 5) is 12.1. The average Bonchev–Trinajstić information content (AvgIpc) is 3.21. The van der Waals surface area contributed by atoms with Gasteiger partial charge in [0.25, 0.3) is 11.1 Å². The SMILES string of the molecule is COc1ccc(NC(=O)CSc2nnc(C3COc4ccccc4O3)o2)cc1. The number of carbonyl (C=O) groups is 1. The molecule has 2 heterocycles. The van der Waals surface area contributed by atoms with E-state index in [4.69, 9.17) is 18.6 Å². The van der Waals surface area contributed by atoms with Crippen molar-refractivity contribution >= 4 is 23.4 Å². The molecule has 1 amide bonds. The van der Waals surface area contributed by atoms with Gasteiger partial charge in [0.1, 0.15) is 12.4 Å². The van der Waals surface area contributed by atoms with Crippen molar-refractivity contribution in [3.05, 3.63) is 54.4 Å². The number of nitrogens with zero attached hydrogens (tertiary/aromatic N) is 2. The van der Waals surface area contributed by atoms with Gasteiger partial charge in [-0.2, -0.15) is 0 Å². The van der Waals surface area contributed by atoms with Gasteiger partial charge < -0.3 is 23.9 Å². The number of hydrogen-bond donors (Lipinski definition) is 1. The molecule has 0 fully saturated rings. The summed E-state index contributed by atoms with van der Waals surface area (Å²) in [7, 11) is 1.59. The Morgan fingerprint density at radius 2 is 1.96 bits per heavy atom. The minimum atomic E-state index is -0.482. The Kier molecular flexibility index (Phi) is 5.34. The zero-order chi connectivity index (χ0) is 19.3. The van der Waals surface area contributed by atoms with E-state index < -0.39 is 6.10 Å². The van der Waals surface area contributed by atoms with Gasteiger partial charge in [-0.1, -0.05) is 23.9 Å². The van der Waals surface area contributed by atoms with Gasteiger partial charge in [0.15, 0.2) is 11.5 Å². The van der Waals surface area contributed by atoms with E-state index in [1.165, 1.54) is 0 Å². The van der Waals surface area contributed by atoms with Gasteiger partial charge in [0, 0.05) is 5.69 Å². The van der Waals surface area contributed by atoms with Crippen LogP contribution >= 0.6 is 11.8 Å². The van der Waals surface area contributed by atoms with Crippen molar-refractivity contribution in [3.63, 3.8) is 0 Å². The fraction of sp³-hybridized carbons (Fsp3) is 0.211. The predicted octanol–water partition coefficient (Wildman–Crippen LogP) is 3.32. The van der Waals surface area contributed by atoms with Crippen LogP contribution < -0.4 is 19.5 Å². The Hall–Kier alpha value is -3.20. The van der Waals surface area contributed by atoms with Crippen LogP contribution in [0.1, 0.15) is 12.0 Å². The van der Waals surface area contributed by atoms with Crippen LogP contribution in [0, 0.1) is 0 Å². The van der Waals surface area contributed by atoms with Gasteiger partial charge in [0.05, 0.1) is 12.9 Å². The standard InChI is InChI=1S/C19H17N3O5S/c1-24-13-8-6-12(7-9-13)20-17(23)11-28-19-22-21-18(27-19)16-10-25-14-4-2-3-5-15(14)26-16/h2-9,16H,10-11H2,1H3,(H,20,23). The maximum absolute atomic E-state index is 12.1. The monoisotopic (exact) mass is 399 g/mol. The number of fused-ring (bicyclic) bond motifs is 1. The highest BCUT2D eigenvalue weighted by molar-refractivity contribution is 7.99. The van der Waals surface area contributed by atoms with Crippen molar-refractivity contribution < 1.29 is 23.4 Å². The second kappa shape index (κ2) is 8.22. The number of carbonyl (C=O) groups excluding carboxylic acids is 1. The summed E-state index contributed by atoms with van der Waals surface area (Å²) in [6.07, 6.45) is -0.482. The van der Waals surface area contributed by atoms with Gasteiger partial charge in [-0.3, -0.25) is 4.79 Å². The summed E-state index contributed by atoms with van der Waals surface area (Å²) < 4.78 is 22.2. The molecule has 2 aromatic carbocycles. The van der Waals surface area contributed by atoms with Crippen LogP contribution in [-0.4, -0.2) is 35.6 Å². The minimum Gasteiger partial charge on any atom is -0.497 e. The van der Waals surface area contributed by atoms with Crippen LogP contribution in [0.5, 0.6) is 17.2 Å². The normalized spacial score (nSPS) is 15.1. The zero-order valence-electron chi connectivity index (χ0n) is 15.0. The topological polar surface area (TPSA) is 95.7 Å². The number of methoxy groups -OCH3 is 1. The lowest BCUT2D eigenvalue weighted by Crippen LogP contribution is -2.21. The third-order valence-electron chi connectivity index (χ3n) is 3.91. The molecule has 144 valence electrons. The largest absolute Gasteiger partial charge is 0.497 e. The third-order valence-corrected chi connectivity index (χ3v) is 4.73. The zero-order valence-corrected chi connectivity index (χ0v) is 15.8. The van der Waals surface area contributed by atoms with Crippen molar-refractivity contribution in [1.29, 1.82) is 0 Å². The van der Waals surface area contributed by atoms with Crippen molar-refractivity contribution in [2.45, 2.75) is 11.3 Å². The molecule has 3 aromatic rings. The minimum absolute atomic E-state index is 0.137. The molecule has 1 aromatic heterocycles. The molecule has 1 aliphatic heterocycles. The van der Waals surface area contributed by atoms with Crippen LogP contribution in [0.15, 0.2) is 58.2 Å². The maximum Gasteiger partial charge on any atom is 0.277 e. The Morgan fingerprint density at radius 3 is 2.75 bits per heavy atom. The second-order valence-corrected chi connectivity index (χ2v) is 6.76. The number of ether oxygens (including phenoxy) is 3. The lowest BCUT2D eigenvalue weighted by molar-refractivity contribution is -0.113. The van der Waals surface area contributed by atoms with E-state index in [0.29, 0.717) is 28.3 Å². The first-order valence-corrected chi connectivity index (χ1v) is 9.48. The summed E-state index contributed by atoms with van der Waals surface area (Å²) in [5, 5.41) is 11.1. The number of anilines is 1. The lowest BCUT2D eigenvalue weighted by Gasteiger charge is -2.23. The molecule has 1 aliphatic rings. The summed E-state index contributed by atoms with van der Waals surface area (Å²) in [5.41, 5.74) is 0.684.